The van der Waals surface area contributed by atoms with Crippen LogP contribution in [0.2, 0.25) is 0 Å². The molecule has 0 aromatic heterocycles. The van der Waals surface area contributed by atoms with E-state index in [-0.39, 0.29) is 5.97 Å². The lowest BCUT2D eigenvalue weighted by atomic mass is 9.54. The van der Waals surface area contributed by atoms with E-state index in [2.05, 4.69) is 6.58 Å². The highest BCUT2D eigenvalue weighted by Crippen LogP contribution is 2.56. The molecule has 0 N–H and O–H groups in total. The molecule has 6 bridgehead atoms. The fourth-order valence-electron chi connectivity index (χ4n) is 6.72. The number of ether oxygens (including phenoxy) is 1. The Balaban J connectivity index is 0.0000000996. The predicted octanol–water partition coefficient (Wildman–Crippen LogP) is 3.96. The molecule has 0 amide bonds. The minimum atomic E-state index is 0.0926. The highest BCUT2D eigenvalue weighted by atomic mass is 16.6. The zero-order valence-corrected chi connectivity index (χ0v) is 12.8. The molecule has 6 saturated carbocycles. The molecule has 114 valence electrons. The average molecular weight is 286 g/mol. The maximum atomic E-state index is 11.1. The maximum Gasteiger partial charge on any atom is 0.309 e. The number of fused-ring (bicyclic) bond motifs is 1. The summed E-state index contributed by atoms with van der Waals surface area (Å²) in [6.45, 7) is 4.25. The lowest BCUT2D eigenvalue weighted by molar-refractivity contribution is -0.143. The van der Waals surface area contributed by atoms with Crippen molar-refractivity contribution in [2.45, 2.75) is 57.5 Å². The predicted molar refractivity (Wildman–Crippen MR) is 80.4 cm³/mol. The molecule has 0 spiro atoms. The third-order valence-corrected chi connectivity index (χ3v) is 7.51. The summed E-state index contributed by atoms with van der Waals surface area (Å²) in [5.41, 5.74) is 1.62. The molecule has 1 aliphatic heterocycles. The SMILES string of the molecule is C=C1C2CC3CC(C2)CC1C3.O=C1OC2CC3CC1C2C3. The van der Waals surface area contributed by atoms with Crippen molar-refractivity contribution >= 4 is 5.97 Å². The van der Waals surface area contributed by atoms with Gasteiger partial charge in [-0.3, -0.25) is 4.79 Å². The Labute approximate surface area is 127 Å². The van der Waals surface area contributed by atoms with E-state index >= 15 is 0 Å². The number of carbonyl (C=O) groups excluding carboxylic acids is 1. The van der Waals surface area contributed by atoms with Crippen LogP contribution >= 0.6 is 0 Å². The van der Waals surface area contributed by atoms with Crippen molar-refractivity contribution in [3.05, 3.63) is 12.2 Å². The lowest BCUT2D eigenvalue weighted by Crippen LogP contribution is -2.39. The van der Waals surface area contributed by atoms with Gasteiger partial charge in [0.05, 0.1) is 5.92 Å². The summed E-state index contributed by atoms with van der Waals surface area (Å²) in [5, 5.41) is 0. The maximum absolute atomic E-state index is 11.1. The fourth-order valence-corrected chi connectivity index (χ4v) is 6.72. The molecular formula is C19H26O2. The van der Waals surface area contributed by atoms with Crippen LogP contribution in [0.5, 0.6) is 0 Å². The number of hydrogen-bond acceptors (Lipinski definition) is 2. The van der Waals surface area contributed by atoms with Crippen LogP contribution in [-0.2, 0) is 9.53 Å². The number of carbonyl (C=O) groups is 1. The molecule has 2 heteroatoms. The second-order valence-corrected chi connectivity index (χ2v) is 8.70. The second-order valence-electron chi connectivity index (χ2n) is 8.70. The Morgan fingerprint density at radius 2 is 1.43 bits per heavy atom. The van der Waals surface area contributed by atoms with E-state index in [1.54, 1.807) is 12.0 Å². The molecule has 21 heavy (non-hydrogen) atoms. The quantitative estimate of drug-likeness (QED) is 0.498. The first kappa shape index (κ1) is 12.7. The molecular weight excluding hydrogens is 260 g/mol. The van der Waals surface area contributed by atoms with Crippen LogP contribution in [0.25, 0.3) is 0 Å². The van der Waals surface area contributed by atoms with E-state index in [1.165, 1.54) is 32.1 Å². The first-order chi connectivity index (χ1) is 10.2. The number of hydrogen-bond donors (Lipinski definition) is 0. The van der Waals surface area contributed by atoms with Crippen LogP contribution in [0.3, 0.4) is 0 Å². The molecule has 0 aromatic carbocycles. The number of esters is 1. The van der Waals surface area contributed by atoms with Crippen LogP contribution in [0.1, 0.15) is 51.4 Å². The third kappa shape index (κ3) is 1.87. The average Bonchev–Trinajstić information content (AvgIpc) is 3.07. The highest BCUT2D eigenvalue weighted by Gasteiger charge is 2.56. The van der Waals surface area contributed by atoms with E-state index in [4.69, 9.17) is 4.74 Å². The van der Waals surface area contributed by atoms with Gasteiger partial charge in [0.25, 0.3) is 0 Å². The second kappa shape index (κ2) is 4.36. The zero-order chi connectivity index (χ0) is 14.1. The van der Waals surface area contributed by atoms with Crippen molar-refractivity contribution in [2.75, 3.05) is 0 Å². The molecule has 0 radical (unpaired) electrons. The van der Waals surface area contributed by atoms with Crippen LogP contribution in [0.4, 0.5) is 0 Å². The van der Waals surface area contributed by atoms with Crippen LogP contribution in [0, 0.1) is 41.4 Å². The minimum Gasteiger partial charge on any atom is -0.462 e. The monoisotopic (exact) mass is 286 g/mol. The van der Waals surface area contributed by atoms with Crippen molar-refractivity contribution in [1.29, 1.82) is 0 Å². The standard InChI is InChI=1S/C11H16.C8H10O2/c1-7-10-3-8-2-9(5-10)6-11(7)4-8;9-8-6-2-4-1-5(6)7(3-4)10-8/h8-11H,1-6H2;4-7H,1-3H2. The Bertz CT molecular complexity index is 462. The molecule has 1 saturated heterocycles. The molecule has 7 rings (SSSR count). The fraction of sp³-hybridized carbons (Fsp3) is 0.842. The van der Waals surface area contributed by atoms with Gasteiger partial charge in [-0.1, -0.05) is 12.2 Å². The van der Waals surface area contributed by atoms with Crippen LogP contribution < -0.4 is 0 Å². The Morgan fingerprint density at radius 1 is 0.810 bits per heavy atom. The van der Waals surface area contributed by atoms with Crippen molar-refractivity contribution < 1.29 is 9.53 Å². The summed E-state index contributed by atoms with van der Waals surface area (Å²) in [4.78, 5) is 11.1. The molecule has 2 nitrogen and oxygen atoms in total. The molecule has 4 unspecified atom stereocenters. The van der Waals surface area contributed by atoms with Gasteiger partial charge in [-0.25, -0.2) is 0 Å². The summed E-state index contributed by atoms with van der Waals surface area (Å²) in [5.74, 6) is 5.95. The van der Waals surface area contributed by atoms with Crippen molar-refractivity contribution in [3.8, 4) is 0 Å². The number of allylic oxidation sites excluding steroid dienone is 1. The number of rotatable bonds is 0. The highest BCUT2D eigenvalue weighted by molar-refractivity contribution is 5.76. The van der Waals surface area contributed by atoms with Crippen LogP contribution in [0.15, 0.2) is 12.2 Å². The van der Waals surface area contributed by atoms with E-state index in [1.807, 2.05) is 0 Å². The van der Waals surface area contributed by atoms with Gasteiger partial charge in [-0.15, -0.1) is 0 Å². The van der Waals surface area contributed by atoms with E-state index in [0.29, 0.717) is 17.9 Å². The largest absolute Gasteiger partial charge is 0.462 e. The van der Waals surface area contributed by atoms with Gasteiger partial charge in [0.15, 0.2) is 0 Å². The van der Waals surface area contributed by atoms with Gasteiger partial charge in [0.1, 0.15) is 6.10 Å². The van der Waals surface area contributed by atoms with Crippen LogP contribution in [-0.4, -0.2) is 12.1 Å². The summed E-state index contributed by atoms with van der Waals surface area (Å²) in [7, 11) is 0. The lowest BCUT2D eigenvalue weighted by Gasteiger charge is -2.51. The smallest absolute Gasteiger partial charge is 0.309 e. The van der Waals surface area contributed by atoms with Gasteiger partial charge < -0.3 is 4.74 Å². The van der Waals surface area contributed by atoms with Gasteiger partial charge >= 0.3 is 5.97 Å². The molecule has 4 atom stereocenters. The van der Waals surface area contributed by atoms with Crippen molar-refractivity contribution in [3.63, 3.8) is 0 Å². The summed E-state index contributed by atoms with van der Waals surface area (Å²) in [6.07, 6.45) is 11.4. The molecule has 1 heterocycles. The molecule has 0 aromatic rings. The first-order valence-corrected chi connectivity index (χ1v) is 9.06. The van der Waals surface area contributed by atoms with Crippen molar-refractivity contribution in [1.82, 2.24) is 0 Å². The molecule has 6 aliphatic carbocycles. The van der Waals surface area contributed by atoms with Gasteiger partial charge in [-0.05, 0) is 81.0 Å². The molecule has 7 aliphatic rings. The summed E-state index contributed by atoms with van der Waals surface area (Å²) in [6, 6.07) is 0. The Morgan fingerprint density at radius 3 is 1.95 bits per heavy atom. The minimum absolute atomic E-state index is 0.0926. The van der Waals surface area contributed by atoms with Gasteiger partial charge in [0, 0.05) is 5.92 Å². The normalized spacial score (nSPS) is 54.7. The summed E-state index contributed by atoms with van der Waals surface area (Å²) < 4.78 is 5.20. The van der Waals surface area contributed by atoms with Crippen molar-refractivity contribution in [2.24, 2.45) is 41.4 Å². The van der Waals surface area contributed by atoms with Gasteiger partial charge in [0.2, 0.25) is 0 Å². The summed E-state index contributed by atoms with van der Waals surface area (Å²) >= 11 is 0. The zero-order valence-electron chi connectivity index (χ0n) is 12.8. The topological polar surface area (TPSA) is 26.3 Å². The van der Waals surface area contributed by atoms with E-state index in [0.717, 1.165) is 42.4 Å². The molecule has 7 fully saturated rings. The first-order valence-electron chi connectivity index (χ1n) is 9.06. The Kier molecular flexibility index (Phi) is 2.64. The van der Waals surface area contributed by atoms with E-state index < -0.39 is 0 Å². The van der Waals surface area contributed by atoms with Gasteiger partial charge in [-0.2, -0.15) is 0 Å². The third-order valence-electron chi connectivity index (χ3n) is 7.51. The van der Waals surface area contributed by atoms with E-state index in [9.17, 15) is 4.79 Å². The Hall–Kier alpha value is -0.790.